The molecular formula is C24H21N5O4. The minimum atomic E-state index is -0.290. The quantitative estimate of drug-likeness (QED) is 0.483. The zero-order valence-electron chi connectivity index (χ0n) is 17.8. The van der Waals surface area contributed by atoms with Crippen LogP contribution in [0.15, 0.2) is 53.5 Å². The minimum Gasteiger partial charge on any atom is -0.457 e. The second-order valence-corrected chi connectivity index (χ2v) is 8.17. The van der Waals surface area contributed by atoms with Gasteiger partial charge in [-0.1, -0.05) is 29.5 Å². The average molecular weight is 443 g/mol. The maximum Gasteiger partial charge on any atom is 0.338 e. The highest BCUT2D eigenvalue weighted by Gasteiger charge is 2.23. The number of rotatable bonds is 4. The number of para-hydroxylation sites is 1. The molecule has 9 nitrogen and oxygen atoms in total. The molecule has 0 bridgehead atoms. The minimum absolute atomic E-state index is 0.0380. The van der Waals surface area contributed by atoms with Gasteiger partial charge in [0, 0.05) is 35.7 Å². The van der Waals surface area contributed by atoms with Crippen molar-refractivity contribution in [3.8, 4) is 11.3 Å². The SMILES string of the molecule is O=C1OCc2c(Cn3cc(-c4cccc5c(=O)cc(N6CCOCC6)[nH]c45)nn3)cccc21. The molecule has 0 atom stereocenters. The molecule has 0 saturated carbocycles. The maximum atomic E-state index is 12.8. The second kappa shape index (κ2) is 7.86. The lowest BCUT2D eigenvalue weighted by molar-refractivity contribution is 0.0534. The van der Waals surface area contributed by atoms with Crippen LogP contribution in [0.5, 0.6) is 0 Å². The summed E-state index contributed by atoms with van der Waals surface area (Å²) in [4.78, 5) is 30.3. The Morgan fingerprint density at radius 3 is 2.73 bits per heavy atom. The van der Waals surface area contributed by atoms with E-state index in [0.717, 1.165) is 41.1 Å². The maximum absolute atomic E-state index is 12.8. The van der Waals surface area contributed by atoms with Gasteiger partial charge in [0.05, 0.1) is 37.0 Å². The molecule has 6 rings (SSSR count). The predicted octanol–water partition coefficient (Wildman–Crippen LogP) is 2.34. The van der Waals surface area contributed by atoms with Crippen molar-refractivity contribution < 1.29 is 14.3 Å². The van der Waals surface area contributed by atoms with Crippen LogP contribution in [-0.2, 0) is 22.6 Å². The predicted molar refractivity (Wildman–Crippen MR) is 121 cm³/mol. The summed E-state index contributed by atoms with van der Waals surface area (Å²) in [5.74, 6) is 0.488. The fraction of sp³-hybridized carbons (Fsp3) is 0.250. The summed E-state index contributed by atoms with van der Waals surface area (Å²) in [5, 5.41) is 9.28. The number of morpholine rings is 1. The van der Waals surface area contributed by atoms with Crippen LogP contribution >= 0.6 is 0 Å². The molecule has 4 aromatic rings. The number of benzene rings is 2. The Labute approximate surface area is 188 Å². The Kier molecular flexibility index (Phi) is 4.69. The molecule has 2 aromatic heterocycles. The van der Waals surface area contributed by atoms with Crippen LogP contribution in [0, 0.1) is 0 Å². The summed E-state index contributed by atoms with van der Waals surface area (Å²) in [6, 6.07) is 12.8. The van der Waals surface area contributed by atoms with Crippen molar-refractivity contribution in [2.75, 3.05) is 31.2 Å². The average Bonchev–Trinajstić information content (AvgIpc) is 3.47. The van der Waals surface area contributed by atoms with E-state index in [1.54, 1.807) is 16.8 Å². The first-order valence-electron chi connectivity index (χ1n) is 10.8. The van der Waals surface area contributed by atoms with Crippen LogP contribution in [0.2, 0.25) is 0 Å². The first-order valence-corrected chi connectivity index (χ1v) is 10.8. The van der Waals surface area contributed by atoms with Crippen LogP contribution < -0.4 is 10.3 Å². The Morgan fingerprint density at radius 2 is 1.85 bits per heavy atom. The number of nitrogens with zero attached hydrogens (tertiary/aromatic N) is 4. The number of fused-ring (bicyclic) bond motifs is 2. The van der Waals surface area contributed by atoms with E-state index in [4.69, 9.17) is 9.47 Å². The number of cyclic esters (lactones) is 1. The highest BCUT2D eigenvalue weighted by molar-refractivity contribution is 5.94. The van der Waals surface area contributed by atoms with Crippen molar-refractivity contribution in [3.05, 3.63) is 75.6 Å². The number of hydrogen-bond acceptors (Lipinski definition) is 7. The number of aromatic nitrogens is 4. The normalized spacial score (nSPS) is 15.6. The van der Waals surface area contributed by atoms with Crippen molar-refractivity contribution >= 4 is 22.7 Å². The lowest BCUT2D eigenvalue weighted by atomic mass is 10.0. The topological polar surface area (TPSA) is 102 Å². The number of esters is 1. The summed E-state index contributed by atoms with van der Waals surface area (Å²) in [5.41, 5.74) is 4.63. The van der Waals surface area contributed by atoms with Crippen LogP contribution in [0.4, 0.5) is 5.82 Å². The molecule has 166 valence electrons. The Morgan fingerprint density at radius 1 is 1.03 bits per heavy atom. The van der Waals surface area contributed by atoms with E-state index in [1.165, 1.54) is 0 Å². The molecule has 0 amide bonds. The highest BCUT2D eigenvalue weighted by Crippen LogP contribution is 2.27. The Hall–Kier alpha value is -3.98. The van der Waals surface area contributed by atoms with E-state index < -0.39 is 0 Å². The molecule has 1 N–H and O–H groups in total. The lowest BCUT2D eigenvalue weighted by Gasteiger charge is -2.28. The van der Waals surface area contributed by atoms with Gasteiger partial charge in [-0.25, -0.2) is 9.48 Å². The standard InChI is InChI=1S/C24H21N5O4/c30-21-11-22(28-7-9-32-10-8-28)25-23-17(5-2-6-18(21)23)20-13-29(27-26-20)12-15-3-1-4-16-19(15)14-33-24(16)31/h1-6,11,13H,7-10,12,14H2,(H,25,30). The summed E-state index contributed by atoms with van der Waals surface area (Å²) in [6.45, 7) is 3.47. The number of hydrogen-bond donors (Lipinski definition) is 1. The summed E-state index contributed by atoms with van der Waals surface area (Å²) in [6.07, 6.45) is 1.85. The van der Waals surface area contributed by atoms with Crippen LogP contribution in [0.25, 0.3) is 22.2 Å². The fourth-order valence-electron chi connectivity index (χ4n) is 4.48. The number of aromatic amines is 1. The van der Waals surface area contributed by atoms with Crippen LogP contribution in [0.3, 0.4) is 0 Å². The molecule has 0 unspecified atom stereocenters. The molecule has 2 aliphatic heterocycles. The Balaban J connectivity index is 1.37. The molecule has 4 heterocycles. The monoisotopic (exact) mass is 443 g/mol. The van der Waals surface area contributed by atoms with Crippen molar-refractivity contribution in [3.63, 3.8) is 0 Å². The molecule has 0 aliphatic carbocycles. The van der Waals surface area contributed by atoms with E-state index in [1.807, 2.05) is 36.5 Å². The van der Waals surface area contributed by atoms with Crippen LogP contribution in [0.1, 0.15) is 21.5 Å². The van der Waals surface area contributed by atoms with E-state index in [0.29, 0.717) is 36.4 Å². The number of ether oxygens (including phenoxy) is 2. The molecule has 33 heavy (non-hydrogen) atoms. The molecular weight excluding hydrogens is 422 g/mol. The Bertz CT molecular complexity index is 1430. The van der Waals surface area contributed by atoms with Gasteiger partial charge in [-0.15, -0.1) is 5.10 Å². The molecule has 2 aromatic carbocycles. The zero-order valence-corrected chi connectivity index (χ0v) is 17.8. The third kappa shape index (κ3) is 3.46. The molecule has 1 saturated heterocycles. The first kappa shape index (κ1) is 19.7. The highest BCUT2D eigenvalue weighted by atomic mass is 16.5. The van der Waals surface area contributed by atoms with Gasteiger partial charge in [0.2, 0.25) is 0 Å². The van der Waals surface area contributed by atoms with Gasteiger partial charge in [0.25, 0.3) is 0 Å². The third-order valence-electron chi connectivity index (χ3n) is 6.19. The van der Waals surface area contributed by atoms with Gasteiger partial charge < -0.3 is 19.4 Å². The molecule has 9 heteroatoms. The third-order valence-corrected chi connectivity index (χ3v) is 6.19. The fourth-order valence-corrected chi connectivity index (χ4v) is 4.48. The summed E-state index contributed by atoms with van der Waals surface area (Å²) >= 11 is 0. The van der Waals surface area contributed by atoms with Gasteiger partial charge in [-0.2, -0.15) is 0 Å². The molecule has 1 fully saturated rings. The molecule has 0 radical (unpaired) electrons. The second-order valence-electron chi connectivity index (χ2n) is 8.17. The number of carbonyl (C=O) groups excluding carboxylic acids is 1. The summed E-state index contributed by atoms with van der Waals surface area (Å²) in [7, 11) is 0. The number of pyridine rings is 1. The number of carbonyl (C=O) groups is 1. The number of H-pyrrole nitrogens is 1. The van der Waals surface area contributed by atoms with Gasteiger partial charge in [-0.05, 0) is 17.7 Å². The number of nitrogens with one attached hydrogen (secondary N) is 1. The van der Waals surface area contributed by atoms with Crippen LogP contribution in [-0.4, -0.2) is 52.3 Å². The van der Waals surface area contributed by atoms with Crippen molar-refractivity contribution in [2.45, 2.75) is 13.2 Å². The van der Waals surface area contributed by atoms with E-state index in [9.17, 15) is 9.59 Å². The van der Waals surface area contributed by atoms with Gasteiger partial charge in [0.15, 0.2) is 5.43 Å². The number of anilines is 1. The zero-order chi connectivity index (χ0) is 22.4. The van der Waals surface area contributed by atoms with Gasteiger partial charge in [0.1, 0.15) is 18.1 Å². The van der Waals surface area contributed by atoms with Gasteiger partial charge in [-0.3, -0.25) is 4.79 Å². The van der Waals surface area contributed by atoms with E-state index in [-0.39, 0.29) is 18.0 Å². The molecule has 0 spiro atoms. The van der Waals surface area contributed by atoms with E-state index >= 15 is 0 Å². The lowest BCUT2D eigenvalue weighted by Crippen LogP contribution is -2.37. The smallest absolute Gasteiger partial charge is 0.338 e. The van der Waals surface area contributed by atoms with E-state index in [2.05, 4.69) is 20.2 Å². The van der Waals surface area contributed by atoms with Crippen molar-refractivity contribution in [2.24, 2.45) is 0 Å². The summed E-state index contributed by atoms with van der Waals surface area (Å²) < 4.78 is 12.3. The van der Waals surface area contributed by atoms with Crippen molar-refractivity contribution in [1.82, 2.24) is 20.0 Å². The largest absolute Gasteiger partial charge is 0.457 e. The first-order chi connectivity index (χ1) is 16.2. The van der Waals surface area contributed by atoms with Gasteiger partial charge >= 0.3 is 5.97 Å². The van der Waals surface area contributed by atoms with Crippen molar-refractivity contribution in [1.29, 1.82) is 0 Å². The molecule has 2 aliphatic rings.